The average molecular weight is 284 g/mol. The van der Waals surface area contributed by atoms with E-state index in [1.165, 1.54) is 0 Å². The van der Waals surface area contributed by atoms with Gasteiger partial charge in [-0.2, -0.15) is 0 Å². The first-order valence-electron chi connectivity index (χ1n) is 6.35. The number of benzene rings is 1. The van der Waals surface area contributed by atoms with Gasteiger partial charge in [0.05, 0.1) is 12.0 Å². The van der Waals surface area contributed by atoms with Gasteiger partial charge in [0.2, 0.25) is 0 Å². The second-order valence-electron chi connectivity index (χ2n) is 5.11. The van der Waals surface area contributed by atoms with E-state index in [9.17, 15) is 9.90 Å². The third-order valence-corrected chi connectivity index (χ3v) is 3.92. The predicted octanol–water partition coefficient (Wildman–Crippen LogP) is 1.92. The molecule has 0 aliphatic carbocycles. The van der Waals surface area contributed by atoms with E-state index in [1.54, 1.807) is 0 Å². The molecule has 1 aliphatic heterocycles. The molecule has 0 aromatic heterocycles. The van der Waals surface area contributed by atoms with Crippen LogP contribution in [0.1, 0.15) is 17.5 Å². The number of nitrogens with zero attached hydrogens (tertiary/aromatic N) is 1. The summed E-state index contributed by atoms with van der Waals surface area (Å²) in [6.07, 6.45) is -0.304. The third-order valence-electron chi connectivity index (χ3n) is 3.68. The lowest BCUT2D eigenvalue weighted by atomic mass is 9.93. The molecule has 2 N–H and O–H groups in total. The summed E-state index contributed by atoms with van der Waals surface area (Å²) in [4.78, 5) is 13.0. The molecule has 1 fully saturated rings. The van der Waals surface area contributed by atoms with Gasteiger partial charge in [-0.3, -0.25) is 9.69 Å². The molecule has 0 spiro atoms. The summed E-state index contributed by atoms with van der Waals surface area (Å²) >= 11 is 5.92. The van der Waals surface area contributed by atoms with Crippen molar-refractivity contribution in [2.45, 2.75) is 26.0 Å². The predicted molar refractivity (Wildman–Crippen MR) is 73.2 cm³/mol. The molecule has 4 nitrogen and oxygen atoms in total. The highest BCUT2D eigenvalue weighted by Crippen LogP contribution is 2.22. The number of aryl methyl sites for hydroxylation is 1. The van der Waals surface area contributed by atoms with Crippen LogP contribution in [-0.2, 0) is 11.3 Å². The van der Waals surface area contributed by atoms with Crippen molar-refractivity contribution >= 4 is 17.6 Å². The lowest BCUT2D eigenvalue weighted by Crippen LogP contribution is -2.46. The van der Waals surface area contributed by atoms with E-state index in [1.807, 2.05) is 25.1 Å². The van der Waals surface area contributed by atoms with E-state index in [0.717, 1.165) is 11.1 Å². The molecule has 0 saturated carbocycles. The van der Waals surface area contributed by atoms with Crippen LogP contribution < -0.4 is 0 Å². The number of aliphatic hydroxyl groups is 1. The molecule has 2 rings (SSSR count). The van der Waals surface area contributed by atoms with E-state index < -0.39 is 18.0 Å². The van der Waals surface area contributed by atoms with Crippen molar-refractivity contribution in [2.75, 3.05) is 13.1 Å². The number of hydrogen-bond donors (Lipinski definition) is 2. The minimum atomic E-state index is -0.908. The van der Waals surface area contributed by atoms with Gasteiger partial charge in [-0.15, -0.1) is 0 Å². The summed E-state index contributed by atoms with van der Waals surface area (Å²) in [5.41, 5.74) is 2.27. The van der Waals surface area contributed by atoms with Crippen LogP contribution in [0.3, 0.4) is 0 Å². The highest BCUT2D eigenvalue weighted by molar-refractivity contribution is 6.30. The highest BCUT2D eigenvalue weighted by atomic mass is 35.5. The summed E-state index contributed by atoms with van der Waals surface area (Å²) in [5, 5.41) is 19.5. The van der Waals surface area contributed by atoms with E-state index in [4.69, 9.17) is 16.7 Å². The van der Waals surface area contributed by atoms with Crippen molar-refractivity contribution in [3.63, 3.8) is 0 Å². The normalized spacial score (nSPS) is 24.4. The molecule has 1 saturated heterocycles. The second kappa shape index (κ2) is 5.90. The van der Waals surface area contributed by atoms with Crippen molar-refractivity contribution in [1.29, 1.82) is 0 Å². The fourth-order valence-corrected chi connectivity index (χ4v) is 2.73. The standard InChI is InChI=1S/C14H18ClNO3/c1-9-6-11(15)3-2-10(9)7-16-5-4-12(14(18)19)13(17)8-16/h2-3,6,12-13,17H,4-5,7-8H2,1H3,(H,18,19)/t12-,13+/m0/s1. The zero-order valence-corrected chi connectivity index (χ0v) is 11.6. The van der Waals surface area contributed by atoms with Crippen LogP contribution in [0.15, 0.2) is 18.2 Å². The number of aliphatic carboxylic acids is 1. The molecule has 1 aromatic carbocycles. The zero-order chi connectivity index (χ0) is 14.0. The van der Waals surface area contributed by atoms with Crippen LogP contribution in [0.4, 0.5) is 0 Å². The Bertz CT molecular complexity index is 478. The fourth-order valence-electron chi connectivity index (χ4n) is 2.51. The monoisotopic (exact) mass is 283 g/mol. The van der Waals surface area contributed by atoms with Gasteiger partial charge < -0.3 is 10.2 Å². The number of rotatable bonds is 3. The maximum absolute atomic E-state index is 10.9. The molecule has 1 aliphatic rings. The SMILES string of the molecule is Cc1cc(Cl)ccc1CN1CC[C@H](C(=O)O)[C@H](O)C1. The van der Waals surface area contributed by atoms with E-state index in [-0.39, 0.29) is 0 Å². The zero-order valence-electron chi connectivity index (χ0n) is 10.8. The number of hydrogen-bond acceptors (Lipinski definition) is 3. The number of halogens is 1. The first-order valence-corrected chi connectivity index (χ1v) is 6.73. The van der Waals surface area contributed by atoms with E-state index >= 15 is 0 Å². The molecule has 2 atom stereocenters. The minimum absolute atomic E-state index is 0.402. The van der Waals surface area contributed by atoms with Gasteiger partial charge in [0.1, 0.15) is 0 Å². The topological polar surface area (TPSA) is 60.8 Å². The van der Waals surface area contributed by atoms with Gasteiger partial charge in [-0.05, 0) is 43.1 Å². The van der Waals surface area contributed by atoms with Gasteiger partial charge in [-0.25, -0.2) is 0 Å². The number of likely N-dealkylation sites (tertiary alicyclic amines) is 1. The summed E-state index contributed by atoms with van der Waals surface area (Å²) in [6, 6.07) is 5.75. The van der Waals surface area contributed by atoms with Crippen molar-refractivity contribution in [1.82, 2.24) is 4.90 Å². The highest BCUT2D eigenvalue weighted by Gasteiger charge is 2.32. The molecule has 104 valence electrons. The van der Waals surface area contributed by atoms with Gasteiger partial charge in [0, 0.05) is 18.1 Å². The molecule has 0 unspecified atom stereocenters. The molecule has 5 heteroatoms. The van der Waals surface area contributed by atoms with Crippen LogP contribution in [0.25, 0.3) is 0 Å². The summed E-state index contributed by atoms with van der Waals surface area (Å²) in [5.74, 6) is -1.54. The second-order valence-corrected chi connectivity index (χ2v) is 5.54. The molecule has 0 radical (unpaired) electrons. The van der Waals surface area contributed by atoms with Crippen molar-refractivity contribution in [3.05, 3.63) is 34.3 Å². The Morgan fingerprint density at radius 2 is 2.26 bits per heavy atom. The minimum Gasteiger partial charge on any atom is -0.481 e. The number of carbonyl (C=O) groups is 1. The maximum Gasteiger partial charge on any atom is 0.309 e. The van der Waals surface area contributed by atoms with Crippen molar-refractivity contribution in [3.8, 4) is 0 Å². The summed E-state index contributed by atoms with van der Waals surface area (Å²) in [6.45, 7) is 3.81. The Kier molecular flexibility index (Phi) is 4.45. The van der Waals surface area contributed by atoms with E-state index in [0.29, 0.717) is 31.1 Å². The Hall–Kier alpha value is -1.10. The first-order chi connectivity index (χ1) is 8.97. The Labute approximate surface area is 117 Å². The molecular formula is C14H18ClNO3. The van der Waals surface area contributed by atoms with E-state index in [2.05, 4.69) is 4.90 Å². The first kappa shape index (κ1) is 14.3. The number of carboxylic acids is 1. The Balaban J connectivity index is 2.00. The van der Waals surface area contributed by atoms with Crippen LogP contribution in [0.5, 0.6) is 0 Å². The van der Waals surface area contributed by atoms with Crippen LogP contribution >= 0.6 is 11.6 Å². The lowest BCUT2D eigenvalue weighted by molar-refractivity contribution is -0.148. The number of aliphatic hydroxyl groups excluding tert-OH is 1. The summed E-state index contributed by atoms with van der Waals surface area (Å²) < 4.78 is 0. The van der Waals surface area contributed by atoms with Crippen molar-refractivity contribution < 1.29 is 15.0 Å². The molecular weight excluding hydrogens is 266 g/mol. The number of carboxylic acid groups (broad SMARTS) is 1. The Morgan fingerprint density at radius 1 is 1.53 bits per heavy atom. The third kappa shape index (κ3) is 3.47. The van der Waals surface area contributed by atoms with Crippen molar-refractivity contribution in [2.24, 2.45) is 5.92 Å². The molecule has 0 amide bonds. The molecule has 19 heavy (non-hydrogen) atoms. The van der Waals surface area contributed by atoms with Gasteiger partial charge in [0.25, 0.3) is 0 Å². The molecule has 1 heterocycles. The maximum atomic E-state index is 10.9. The van der Waals surface area contributed by atoms with Gasteiger partial charge in [0.15, 0.2) is 0 Å². The number of β-amino-alcohol motifs (C(OH)–C–C–N with tert-alkyl or cyclic N) is 1. The number of piperidine rings is 1. The van der Waals surface area contributed by atoms with Gasteiger partial charge in [-0.1, -0.05) is 17.7 Å². The summed E-state index contributed by atoms with van der Waals surface area (Å²) in [7, 11) is 0. The largest absolute Gasteiger partial charge is 0.481 e. The quantitative estimate of drug-likeness (QED) is 0.890. The molecule has 0 bridgehead atoms. The Morgan fingerprint density at radius 3 is 2.84 bits per heavy atom. The van der Waals surface area contributed by atoms with Crippen LogP contribution in [0.2, 0.25) is 5.02 Å². The molecule has 1 aromatic rings. The van der Waals surface area contributed by atoms with Gasteiger partial charge >= 0.3 is 5.97 Å². The lowest BCUT2D eigenvalue weighted by Gasteiger charge is -2.34. The van der Waals surface area contributed by atoms with Crippen LogP contribution in [0, 0.1) is 12.8 Å². The van der Waals surface area contributed by atoms with Crippen LogP contribution in [-0.4, -0.2) is 40.3 Å². The smallest absolute Gasteiger partial charge is 0.309 e. The fraction of sp³-hybridized carbons (Fsp3) is 0.500. The average Bonchev–Trinajstić information content (AvgIpc) is 2.32.